The van der Waals surface area contributed by atoms with Crippen molar-refractivity contribution in [3.8, 4) is 11.4 Å². The van der Waals surface area contributed by atoms with Gasteiger partial charge in [-0.15, -0.1) is 22.7 Å². The monoisotopic (exact) mass is 924 g/mol. The lowest BCUT2D eigenvalue weighted by atomic mass is 10.1. The molecule has 0 aliphatic carbocycles. The highest BCUT2D eigenvalue weighted by Crippen LogP contribution is 2.45. The molecule has 8 aromatic carbocycles. The Morgan fingerprint density at radius 2 is 0.588 bits per heavy atom. The number of rotatable bonds is 8. The lowest BCUT2D eigenvalue weighted by Crippen LogP contribution is -2.09. The lowest BCUT2D eigenvalue weighted by molar-refractivity contribution is 1.17. The Morgan fingerprint density at radius 3 is 0.882 bits per heavy atom. The maximum atomic E-state index is 2.50. The molecule has 0 saturated heterocycles. The van der Waals surface area contributed by atoms with Crippen LogP contribution in [-0.4, -0.2) is 9.13 Å². The Balaban J connectivity index is 0.000000745. The van der Waals surface area contributed by atoms with Crippen LogP contribution in [0.1, 0.15) is 55.4 Å². The lowest BCUT2D eigenvalue weighted by Gasteiger charge is -2.25. The van der Waals surface area contributed by atoms with Crippen LogP contribution in [0.2, 0.25) is 0 Å². The van der Waals surface area contributed by atoms with Crippen molar-refractivity contribution in [2.75, 3.05) is 9.80 Å². The molecule has 0 fully saturated rings. The van der Waals surface area contributed by atoms with E-state index in [0.717, 1.165) is 45.5 Å². The molecule has 0 saturated carbocycles. The molecule has 4 aromatic heterocycles. The summed E-state index contributed by atoms with van der Waals surface area (Å²) in [5.74, 6) is 0. The van der Waals surface area contributed by atoms with E-state index in [1.165, 1.54) is 53.0 Å². The summed E-state index contributed by atoms with van der Waals surface area (Å²) in [6, 6.07) is 74.7. The van der Waals surface area contributed by atoms with E-state index in [1.807, 2.05) is 55.4 Å². The van der Waals surface area contributed by atoms with Crippen LogP contribution >= 0.6 is 22.7 Å². The fraction of sp³-hybridized carbons (Fsp3) is 0.129. The molecule has 340 valence electrons. The van der Waals surface area contributed by atoms with Crippen molar-refractivity contribution in [1.29, 1.82) is 0 Å². The van der Waals surface area contributed by atoms with Crippen LogP contribution in [0.4, 0.5) is 34.1 Å². The second-order valence-electron chi connectivity index (χ2n) is 15.1. The molecule has 0 spiro atoms. The van der Waals surface area contributed by atoms with E-state index in [2.05, 4.69) is 236 Å². The van der Waals surface area contributed by atoms with E-state index >= 15 is 0 Å². The SMILES string of the molecule is CC.CC.CC.CC.c1ccc(N(c2ccccc2)c2ccc(-n3c4cc5ccsc5cc4c4c3c3cc5sccc5cc3n4-c3ccc(N(c4ccccc4)c4ccccc4)cc3)cc2)cc1. The van der Waals surface area contributed by atoms with E-state index in [-0.39, 0.29) is 0 Å². The first-order valence-corrected chi connectivity index (χ1v) is 25.9. The fourth-order valence-corrected chi connectivity index (χ4v) is 10.6. The Bertz CT molecular complexity index is 3140. The summed E-state index contributed by atoms with van der Waals surface area (Å²) in [5.41, 5.74) is 13.7. The molecule has 0 aliphatic heterocycles. The van der Waals surface area contributed by atoms with Gasteiger partial charge in [-0.2, -0.15) is 0 Å². The number of nitrogens with zero attached hydrogens (tertiary/aromatic N) is 4. The van der Waals surface area contributed by atoms with E-state index < -0.39 is 0 Å². The third kappa shape index (κ3) is 8.81. The number of thiophene rings is 2. The molecule has 4 nitrogen and oxygen atoms in total. The molecule has 0 aliphatic rings. The largest absolute Gasteiger partial charge is 0.311 e. The average molecular weight is 925 g/mol. The van der Waals surface area contributed by atoms with Crippen molar-refractivity contribution in [3.63, 3.8) is 0 Å². The highest BCUT2D eigenvalue weighted by atomic mass is 32.1. The average Bonchev–Trinajstić information content (AvgIpc) is 4.23. The summed E-state index contributed by atoms with van der Waals surface area (Å²) in [4.78, 5) is 4.64. The molecule has 0 atom stereocenters. The zero-order valence-electron chi connectivity index (χ0n) is 40.4. The van der Waals surface area contributed by atoms with Gasteiger partial charge in [0.1, 0.15) is 0 Å². The standard InChI is InChI=1S/C54H36N4S2.4C2H6/c1-5-13-39(14-6-1)55(40-15-7-2-8-16-40)43-21-25-45(26-22-43)57-49-33-37-29-31-59-51(37)35-47(49)54-53(57)48-36-52-38(30-32-60-52)34-50(48)58(54)46-27-23-44(24-28-46)56(41-17-9-3-10-18-41)42-19-11-4-12-20-42;4*1-2/h1-36H;4*1-2H3. The van der Waals surface area contributed by atoms with E-state index in [9.17, 15) is 0 Å². The summed E-state index contributed by atoms with van der Waals surface area (Å²) in [7, 11) is 0. The van der Waals surface area contributed by atoms with Crippen molar-refractivity contribution in [2.45, 2.75) is 55.4 Å². The Kier molecular flexibility index (Phi) is 15.2. The van der Waals surface area contributed by atoms with Crippen LogP contribution in [0.3, 0.4) is 0 Å². The minimum atomic E-state index is 1.10. The van der Waals surface area contributed by atoms with Gasteiger partial charge in [-0.05, 0) is 155 Å². The zero-order valence-corrected chi connectivity index (χ0v) is 42.0. The fourth-order valence-electron chi connectivity index (χ4n) is 8.93. The molecule has 4 heterocycles. The van der Waals surface area contributed by atoms with Crippen molar-refractivity contribution >= 4 is 110 Å². The summed E-state index contributed by atoms with van der Waals surface area (Å²) in [6.45, 7) is 16.0. The van der Waals surface area contributed by atoms with Crippen molar-refractivity contribution in [3.05, 3.63) is 217 Å². The minimum Gasteiger partial charge on any atom is -0.311 e. The maximum Gasteiger partial charge on any atom is 0.0804 e. The van der Waals surface area contributed by atoms with Crippen LogP contribution in [0, 0.1) is 0 Å². The van der Waals surface area contributed by atoms with E-state index in [1.54, 1.807) is 22.7 Å². The van der Waals surface area contributed by atoms with Gasteiger partial charge >= 0.3 is 0 Å². The van der Waals surface area contributed by atoms with Gasteiger partial charge in [-0.25, -0.2) is 0 Å². The van der Waals surface area contributed by atoms with Gasteiger partial charge in [0.25, 0.3) is 0 Å². The molecule has 6 heteroatoms. The van der Waals surface area contributed by atoms with Gasteiger partial charge in [0.05, 0.1) is 22.1 Å². The van der Waals surface area contributed by atoms with Gasteiger partial charge in [-0.3, -0.25) is 0 Å². The molecule has 0 radical (unpaired) electrons. The Labute approximate surface area is 410 Å². The van der Waals surface area contributed by atoms with Gasteiger partial charge < -0.3 is 18.9 Å². The van der Waals surface area contributed by atoms with Crippen molar-refractivity contribution < 1.29 is 0 Å². The van der Waals surface area contributed by atoms with Crippen LogP contribution in [0.25, 0.3) is 64.4 Å². The number of hydrogen-bond acceptors (Lipinski definition) is 4. The predicted octanol–water partition coefficient (Wildman–Crippen LogP) is 20.2. The second-order valence-corrected chi connectivity index (χ2v) is 17.0. The topological polar surface area (TPSA) is 16.3 Å². The Hall–Kier alpha value is -7.38. The molecular weight excluding hydrogens is 865 g/mol. The summed E-state index contributed by atoms with van der Waals surface area (Å²) in [5, 5.41) is 9.39. The molecule has 0 bridgehead atoms. The second kappa shape index (κ2) is 21.9. The molecule has 12 aromatic rings. The predicted molar refractivity (Wildman–Crippen MR) is 303 cm³/mol. The molecule has 0 amide bonds. The third-order valence-electron chi connectivity index (χ3n) is 11.6. The number of hydrogen-bond donors (Lipinski definition) is 0. The van der Waals surface area contributed by atoms with E-state index in [0.29, 0.717) is 0 Å². The highest BCUT2D eigenvalue weighted by molar-refractivity contribution is 7.17. The van der Waals surface area contributed by atoms with Crippen molar-refractivity contribution in [1.82, 2.24) is 9.13 Å². The molecular formula is C62H60N4S2. The van der Waals surface area contributed by atoms with Gasteiger partial charge in [0.15, 0.2) is 0 Å². The van der Waals surface area contributed by atoms with Crippen molar-refractivity contribution in [2.24, 2.45) is 0 Å². The first-order valence-electron chi connectivity index (χ1n) is 24.2. The number of benzene rings is 8. The third-order valence-corrected chi connectivity index (χ3v) is 13.4. The van der Waals surface area contributed by atoms with Crippen LogP contribution in [-0.2, 0) is 0 Å². The molecule has 0 unspecified atom stereocenters. The summed E-state index contributed by atoms with van der Waals surface area (Å²) >= 11 is 3.60. The number of para-hydroxylation sites is 4. The zero-order chi connectivity index (χ0) is 47.6. The molecule has 0 N–H and O–H groups in total. The van der Waals surface area contributed by atoms with Gasteiger partial charge in [-0.1, -0.05) is 128 Å². The number of fused-ring (bicyclic) bond motifs is 7. The summed E-state index contributed by atoms with van der Waals surface area (Å²) < 4.78 is 7.57. The normalized spacial score (nSPS) is 10.6. The van der Waals surface area contributed by atoms with Gasteiger partial charge in [0.2, 0.25) is 0 Å². The van der Waals surface area contributed by atoms with Crippen LogP contribution < -0.4 is 9.80 Å². The van der Waals surface area contributed by atoms with Crippen LogP contribution in [0.15, 0.2) is 217 Å². The Morgan fingerprint density at radius 1 is 0.309 bits per heavy atom. The molecule has 68 heavy (non-hydrogen) atoms. The van der Waals surface area contributed by atoms with Crippen LogP contribution in [0.5, 0.6) is 0 Å². The minimum absolute atomic E-state index is 1.10. The maximum absolute atomic E-state index is 2.50. The first-order chi connectivity index (χ1) is 33.8. The first kappa shape index (κ1) is 47.1. The van der Waals surface area contributed by atoms with E-state index in [4.69, 9.17) is 0 Å². The van der Waals surface area contributed by atoms with Gasteiger partial charge in [0, 0.05) is 65.7 Å². The number of aromatic nitrogens is 2. The number of anilines is 6. The smallest absolute Gasteiger partial charge is 0.0804 e. The highest BCUT2D eigenvalue weighted by Gasteiger charge is 2.24. The quantitative estimate of drug-likeness (QED) is 0.151. The molecule has 12 rings (SSSR count). The summed E-state index contributed by atoms with van der Waals surface area (Å²) in [6.07, 6.45) is 0.